The minimum Gasteiger partial charge on any atom is -0.325 e. The summed E-state index contributed by atoms with van der Waals surface area (Å²) in [4.78, 5) is 23.7. The minimum atomic E-state index is -0.578. The Kier molecular flexibility index (Phi) is 2.82. The van der Waals surface area contributed by atoms with Crippen LogP contribution in [0.4, 0.5) is 14.5 Å². The largest absolute Gasteiger partial charge is 0.325 e. The summed E-state index contributed by atoms with van der Waals surface area (Å²) in [5, 5.41) is 2.55. The second kappa shape index (κ2) is 4.52. The number of anilines is 1. The molecule has 1 amide bonds. The van der Waals surface area contributed by atoms with Crippen LogP contribution in [-0.4, -0.2) is 11.7 Å². The number of carbonyl (C=O) groups excluding carboxylic acids is 2. The molecule has 1 aliphatic rings. The highest BCUT2D eigenvalue weighted by Crippen LogP contribution is 2.30. The molecular weight excluding hydrogens is 264 g/mol. The number of hydrogen-bond donors (Lipinski definition) is 1. The molecule has 0 unspecified atom stereocenters. The molecule has 0 saturated carbocycles. The highest BCUT2D eigenvalue weighted by molar-refractivity contribution is 6.16. The summed E-state index contributed by atoms with van der Waals surface area (Å²) in [6, 6.07) is 7.28. The van der Waals surface area contributed by atoms with Crippen molar-refractivity contribution in [2.24, 2.45) is 0 Å². The molecule has 1 aliphatic heterocycles. The van der Waals surface area contributed by atoms with Crippen molar-refractivity contribution in [1.82, 2.24) is 0 Å². The first kappa shape index (κ1) is 12.5. The van der Waals surface area contributed by atoms with Gasteiger partial charge in [-0.2, -0.15) is 0 Å². The van der Waals surface area contributed by atoms with Gasteiger partial charge in [0.2, 0.25) is 5.91 Å². The van der Waals surface area contributed by atoms with Crippen molar-refractivity contribution in [1.29, 1.82) is 0 Å². The molecule has 5 heteroatoms. The van der Waals surface area contributed by atoms with E-state index in [1.807, 2.05) is 0 Å². The van der Waals surface area contributed by atoms with E-state index in [2.05, 4.69) is 5.32 Å². The van der Waals surface area contributed by atoms with Gasteiger partial charge in [0.15, 0.2) is 5.78 Å². The average Bonchev–Trinajstić information content (AvgIpc) is 2.78. The van der Waals surface area contributed by atoms with Gasteiger partial charge in [-0.1, -0.05) is 0 Å². The highest BCUT2D eigenvalue weighted by atomic mass is 19.1. The van der Waals surface area contributed by atoms with Gasteiger partial charge in [-0.3, -0.25) is 9.59 Å². The molecule has 1 N–H and O–H groups in total. The predicted octanol–water partition coefficient (Wildman–Crippen LogP) is 2.69. The Morgan fingerprint density at radius 3 is 2.45 bits per heavy atom. The van der Waals surface area contributed by atoms with Crippen molar-refractivity contribution >= 4 is 17.4 Å². The van der Waals surface area contributed by atoms with Gasteiger partial charge >= 0.3 is 0 Å². The van der Waals surface area contributed by atoms with Crippen LogP contribution in [0.1, 0.15) is 21.5 Å². The molecule has 3 nitrogen and oxygen atoms in total. The van der Waals surface area contributed by atoms with Crippen LogP contribution in [-0.2, 0) is 11.2 Å². The van der Waals surface area contributed by atoms with Gasteiger partial charge in [-0.25, -0.2) is 8.78 Å². The van der Waals surface area contributed by atoms with E-state index in [0.717, 1.165) is 18.2 Å². The zero-order valence-corrected chi connectivity index (χ0v) is 10.2. The number of benzene rings is 2. The van der Waals surface area contributed by atoms with E-state index in [1.54, 1.807) is 0 Å². The van der Waals surface area contributed by atoms with E-state index in [9.17, 15) is 18.4 Å². The van der Waals surface area contributed by atoms with E-state index >= 15 is 0 Å². The van der Waals surface area contributed by atoms with E-state index < -0.39 is 17.4 Å². The van der Waals surface area contributed by atoms with Gasteiger partial charge in [0.05, 0.1) is 12.1 Å². The number of halogens is 2. The molecule has 100 valence electrons. The SMILES string of the molecule is O=C1Cc2cc(F)cc(C(=O)c3ccc(F)cc3)c2N1. The molecule has 3 rings (SSSR count). The van der Waals surface area contributed by atoms with Crippen molar-refractivity contribution in [3.8, 4) is 0 Å². The number of hydrogen-bond acceptors (Lipinski definition) is 2. The van der Waals surface area contributed by atoms with Gasteiger partial charge < -0.3 is 5.32 Å². The zero-order valence-electron chi connectivity index (χ0n) is 10.2. The van der Waals surface area contributed by atoms with Crippen LogP contribution in [0.15, 0.2) is 36.4 Å². The summed E-state index contributed by atoms with van der Waals surface area (Å²) in [5.41, 5.74) is 1.11. The van der Waals surface area contributed by atoms with Crippen LogP contribution in [0.5, 0.6) is 0 Å². The second-order valence-corrected chi connectivity index (χ2v) is 4.55. The summed E-state index contributed by atoms with van der Waals surface area (Å²) < 4.78 is 26.4. The molecule has 0 bridgehead atoms. The Morgan fingerprint density at radius 1 is 1.05 bits per heavy atom. The average molecular weight is 273 g/mol. The standard InChI is InChI=1S/C15H9F2NO2/c16-10-3-1-8(2-4-10)15(20)12-7-11(17)5-9-6-13(19)18-14(9)12/h1-5,7H,6H2,(H,18,19). The highest BCUT2D eigenvalue weighted by Gasteiger charge is 2.25. The van der Waals surface area contributed by atoms with Crippen molar-refractivity contribution in [2.75, 3.05) is 5.32 Å². The number of amides is 1. The van der Waals surface area contributed by atoms with Crippen molar-refractivity contribution in [3.63, 3.8) is 0 Å². The maximum Gasteiger partial charge on any atom is 0.228 e. The second-order valence-electron chi connectivity index (χ2n) is 4.55. The Labute approximate surface area is 113 Å². The lowest BCUT2D eigenvalue weighted by Gasteiger charge is -2.08. The van der Waals surface area contributed by atoms with E-state index in [0.29, 0.717) is 11.3 Å². The summed E-state index contributed by atoms with van der Waals surface area (Å²) in [7, 11) is 0. The van der Waals surface area contributed by atoms with Crippen molar-refractivity contribution in [2.45, 2.75) is 6.42 Å². The molecule has 0 spiro atoms. The first-order valence-corrected chi connectivity index (χ1v) is 5.97. The van der Waals surface area contributed by atoms with Crippen LogP contribution in [0.2, 0.25) is 0 Å². The fraction of sp³-hybridized carbons (Fsp3) is 0.0667. The summed E-state index contributed by atoms with van der Waals surface area (Å²) >= 11 is 0. The van der Waals surface area contributed by atoms with Crippen LogP contribution in [0.3, 0.4) is 0 Å². The third-order valence-corrected chi connectivity index (χ3v) is 3.15. The van der Waals surface area contributed by atoms with Gasteiger partial charge in [0.1, 0.15) is 11.6 Å². The summed E-state index contributed by atoms with van der Waals surface area (Å²) in [5.74, 6) is -1.77. The van der Waals surface area contributed by atoms with Gasteiger partial charge in [-0.05, 0) is 42.0 Å². The number of rotatable bonds is 2. The third-order valence-electron chi connectivity index (χ3n) is 3.15. The molecule has 0 aliphatic carbocycles. The fourth-order valence-corrected chi connectivity index (χ4v) is 2.24. The molecular formula is C15H9F2NO2. The molecule has 1 heterocycles. The smallest absolute Gasteiger partial charge is 0.228 e. The number of ketones is 1. The van der Waals surface area contributed by atoms with E-state index in [1.165, 1.54) is 18.2 Å². The molecule has 20 heavy (non-hydrogen) atoms. The van der Waals surface area contributed by atoms with Crippen LogP contribution in [0.25, 0.3) is 0 Å². The maximum absolute atomic E-state index is 13.5. The Morgan fingerprint density at radius 2 is 1.75 bits per heavy atom. The Bertz CT molecular complexity index is 723. The summed E-state index contributed by atoms with van der Waals surface area (Å²) in [6.45, 7) is 0. The fourth-order valence-electron chi connectivity index (χ4n) is 2.24. The van der Waals surface area contributed by atoms with Gasteiger partial charge in [-0.15, -0.1) is 0 Å². The molecule has 0 radical (unpaired) electrons. The Hall–Kier alpha value is -2.56. The van der Waals surface area contributed by atoms with Crippen LogP contribution in [0, 0.1) is 11.6 Å². The zero-order chi connectivity index (χ0) is 14.3. The number of fused-ring (bicyclic) bond motifs is 1. The first-order valence-electron chi connectivity index (χ1n) is 5.97. The minimum absolute atomic E-state index is 0.0524. The van der Waals surface area contributed by atoms with Gasteiger partial charge in [0, 0.05) is 11.1 Å². The molecule has 0 saturated heterocycles. The molecule has 2 aromatic rings. The molecule has 0 aromatic heterocycles. The molecule has 0 atom stereocenters. The molecule has 0 fully saturated rings. The lowest BCUT2D eigenvalue weighted by Crippen LogP contribution is -2.08. The number of carbonyl (C=O) groups is 2. The molecule has 2 aromatic carbocycles. The van der Waals surface area contributed by atoms with Crippen molar-refractivity contribution < 1.29 is 18.4 Å². The van der Waals surface area contributed by atoms with E-state index in [4.69, 9.17) is 0 Å². The van der Waals surface area contributed by atoms with Crippen LogP contribution >= 0.6 is 0 Å². The lowest BCUT2D eigenvalue weighted by molar-refractivity contribution is -0.115. The summed E-state index contributed by atoms with van der Waals surface area (Å²) in [6.07, 6.45) is 0.0524. The lowest BCUT2D eigenvalue weighted by atomic mass is 9.99. The van der Waals surface area contributed by atoms with Crippen LogP contribution < -0.4 is 5.32 Å². The topological polar surface area (TPSA) is 46.2 Å². The third kappa shape index (κ3) is 2.07. The van der Waals surface area contributed by atoms with Crippen molar-refractivity contribution in [3.05, 3.63) is 64.7 Å². The maximum atomic E-state index is 13.5. The number of nitrogens with one attached hydrogen (secondary N) is 1. The first-order chi connectivity index (χ1) is 9.54. The quantitative estimate of drug-likeness (QED) is 0.855. The normalized spacial score (nSPS) is 13.0. The van der Waals surface area contributed by atoms with Gasteiger partial charge in [0.25, 0.3) is 0 Å². The Balaban J connectivity index is 2.09. The van der Waals surface area contributed by atoms with E-state index in [-0.39, 0.29) is 23.5 Å². The monoisotopic (exact) mass is 273 g/mol. The predicted molar refractivity (Wildman–Crippen MR) is 68.6 cm³/mol.